The largest absolute Gasteiger partial charge is 0.488 e. The second-order valence-corrected chi connectivity index (χ2v) is 6.69. The van der Waals surface area contributed by atoms with Crippen molar-refractivity contribution in [2.45, 2.75) is 18.9 Å². The van der Waals surface area contributed by atoms with Crippen molar-refractivity contribution in [3.8, 4) is 5.75 Å². The summed E-state index contributed by atoms with van der Waals surface area (Å²) in [5, 5.41) is 1.98. The lowest BCUT2D eigenvalue weighted by Gasteiger charge is -2.14. The molecule has 2 rings (SSSR count). The van der Waals surface area contributed by atoms with Crippen molar-refractivity contribution < 1.29 is 4.74 Å². The molecular formula is C15H12Br2Cl2O. The Labute approximate surface area is 145 Å². The van der Waals surface area contributed by atoms with Gasteiger partial charge < -0.3 is 4.74 Å². The van der Waals surface area contributed by atoms with Gasteiger partial charge in [0.2, 0.25) is 0 Å². The van der Waals surface area contributed by atoms with Gasteiger partial charge in [0.25, 0.3) is 0 Å². The van der Waals surface area contributed by atoms with E-state index in [0.717, 1.165) is 32.2 Å². The van der Waals surface area contributed by atoms with Gasteiger partial charge in [-0.25, -0.2) is 0 Å². The van der Waals surface area contributed by atoms with Crippen LogP contribution in [0, 0.1) is 6.92 Å². The molecule has 0 aliphatic carbocycles. The zero-order chi connectivity index (χ0) is 14.7. The maximum atomic E-state index is 6.15. The van der Waals surface area contributed by atoms with Gasteiger partial charge in [0.15, 0.2) is 0 Å². The summed E-state index contributed by atoms with van der Waals surface area (Å²) in [5.74, 6) is 0.885. The molecule has 5 heteroatoms. The zero-order valence-electron chi connectivity index (χ0n) is 10.7. The maximum Gasteiger partial charge on any atom is 0.126 e. The Bertz CT molecular complexity index is 630. The van der Waals surface area contributed by atoms with Crippen molar-refractivity contribution in [1.29, 1.82) is 0 Å². The maximum absolute atomic E-state index is 6.15. The smallest absolute Gasteiger partial charge is 0.126 e. The lowest BCUT2D eigenvalue weighted by atomic mass is 10.1. The molecule has 0 bridgehead atoms. The fourth-order valence-electron chi connectivity index (χ4n) is 1.89. The highest BCUT2D eigenvalue weighted by Gasteiger charge is 2.10. The molecule has 0 aliphatic heterocycles. The van der Waals surface area contributed by atoms with E-state index in [1.807, 2.05) is 31.2 Å². The Morgan fingerprint density at radius 1 is 1.10 bits per heavy atom. The van der Waals surface area contributed by atoms with Gasteiger partial charge in [-0.1, -0.05) is 61.1 Å². The number of benzene rings is 2. The molecular weight excluding hydrogens is 427 g/mol. The van der Waals surface area contributed by atoms with E-state index in [2.05, 4.69) is 31.9 Å². The molecule has 0 heterocycles. The van der Waals surface area contributed by atoms with E-state index in [-0.39, 0.29) is 0 Å². The molecule has 1 nitrogen and oxygen atoms in total. The van der Waals surface area contributed by atoms with Crippen LogP contribution in [-0.2, 0) is 11.9 Å². The van der Waals surface area contributed by atoms with Crippen molar-refractivity contribution in [1.82, 2.24) is 0 Å². The summed E-state index contributed by atoms with van der Waals surface area (Å²) >= 11 is 19.0. The molecule has 0 unspecified atom stereocenters. The number of aryl methyl sites for hydroxylation is 1. The SMILES string of the molecule is Cc1cc(Br)cc(CBr)c1OCc1ccc(Cl)cc1Cl. The first-order chi connectivity index (χ1) is 9.51. The normalized spacial score (nSPS) is 10.7. The van der Waals surface area contributed by atoms with E-state index in [1.54, 1.807) is 6.07 Å². The fourth-order valence-corrected chi connectivity index (χ4v) is 3.39. The second kappa shape index (κ2) is 7.17. The van der Waals surface area contributed by atoms with Gasteiger partial charge in [0.1, 0.15) is 12.4 Å². The third-order valence-corrected chi connectivity index (χ3v) is 4.50. The Hall–Kier alpha value is -0.220. The average Bonchev–Trinajstić information content (AvgIpc) is 2.38. The monoisotopic (exact) mass is 436 g/mol. The van der Waals surface area contributed by atoms with Crippen LogP contribution in [-0.4, -0.2) is 0 Å². The molecule has 2 aromatic carbocycles. The predicted molar refractivity (Wildman–Crippen MR) is 92.3 cm³/mol. The van der Waals surface area contributed by atoms with Crippen molar-refractivity contribution in [3.63, 3.8) is 0 Å². The van der Waals surface area contributed by atoms with E-state index < -0.39 is 0 Å². The average molecular weight is 439 g/mol. The number of rotatable bonds is 4. The summed E-state index contributed by atoms with van der Waals surface area (Å²) in [6.45, 7) is 2.44. The highest BCUT2D eigenvalue weighted by molar-refractivity contribution is 9.10. The minimum Gasteiger partial charge on any atom is -0.488 e. The van der Waals surface area contributed by atoms with Gasteiger partial charge in [0, 0.05) is 31.0 Å². The van der Waals surface area contributed by atoms with Crippen LogP contribution in [0.15, 0.2) is 34.8 Å². The first-order valence-electron chi connectivity index (χ1n) is 5.93. The number of ether oxygens (including phenoxy) is 1. The van der Waals surface area contributed by atoms with Crippen LogP contribution in [0.5, 0.6) is 5.75 Å². The number of halogens is 4. The summed E-state index contributed by atoms with van der Waals surface area (Å²) in [6.07, 6.45) is 0. The van der Waals surface area contributed by atoms with Gasteiger partial charge in [-0.3, -0.25) is 0 Å². The van der Waals surface area contributed by atoms with Crippen molar-refractivity contribution in [3.05, 3.63) is 61.5 Å². The molecule has 0 radical (unpaired) electrons. The van der Waals surface area contributed by atoms with Gasteiger partial charge >= 0.3 is 0 Å². The quantitative estimate of drug-likeness (QED) is 0.492. The Kier molecular flexibility index (Phi) is 5.79. The lowest BCUT2D eigenvalue weighted by molar-refractivity contribution is 0.302. The molecule has 0 saturated heterocycles. The topological polar surface area (TPSA) is 9.23 Å². The molecule has 106 valence electrons. The van der Waals surface area contributed by atoms with Gasteiger partial charge in [-0.2, -0.15) is 0 Å². The first-order valence-corrected chi connectivity index (χ1v) is 8.60. The fraction of sp³-hybridized carbons (Fsp3) is 0.200. The van der Waals surface area contributed by atoms with Crippen molar-refractivity contribution in [2.75, 3.05) is 0 Å². The third kappa shape index (κ3) is 3.91. The molecule has 0 spiro atoms. The molecule has 0 aromatic heterocycles. The molecule has 2 aromatic rings. The second-order valence-electron chi connectivity index (χ2n) is 4.37. The standard InChI is InChI=1S/C15H12Br2Cl2O/c1-9-4-12(17)5-11(7-16)15(9)20-8-10-2-3-13(18)6-14(10)19/h2-6H,7-8H2,1H3. The predicted octanol–water partition coefficient (Wildman–Crippen LogP) is 6.54. The van der Waals surface area contributed by atoms with Crippen LogP contribution < -0.4 is 4.74 Å². The van der Waals surface area contributed by atoms with Crippen LogP contribution >= 0.6 is 55.1 Å². The minimum absolute atomic E-state index is 0.415. The molecule has 0 atom stereocenters. The zero-order valence-corrected chi connectivity index (χ0v) is 15.4. The number of hydrogen-bond acceptors (Lipinski definition) is 1. The summed E-state index contributed by atoms with van der Waals surface area (Å²) in [5.41, 5.74) is 3.10. The molecule has 0 fully saturated rings. The minimum atomic E-state index is 0.415. The van der Waals surface area contributed by atoms with Crippen LogP contribution in [0.4, 0.5) is 0 Å². The van der Waals surface area contributed by atoms with Gasteiger partial charge in [-0.05, 0) is 36.8 Å². The van der Waals surface area contributed by atoms with Crippen molar-refractivity contribution in [2.24, 2.45) is 0 Å². The first kappa shape index (κ1) is 16.2. The van der Waals surface area contributed by atoms with E-state index in [1.165, 1.54) is 0 Å². The van der Waals surface area contributed by atoms with Crippen LogP contribution in [0.2, 0.25) is 10.0 Å². The van der Waals surface area contributed by atoms with E-state index in [9.17, 15) is 0 Å². The molecule has 0 aliphatic rings. The summed E-state index contributed by atoms with van der Waals surface area (Å²) in [6, 6.07) is 9.49. The van der Waals surface area contributed by atoms with Gasteiger partial charge in [-0.15, -0.1) is 0 Å². The Morgan fingerprint density at radius 2 is 1.85 bits per heavy atom. The van der Waals surface area contributed by atoms with Crippen LogP contribution in [0.3, 0.4) is 0 Å². The Morgan fingerprint density at radius 3 is 2.50 bits per heavy atom. The molecule has 0 N–H and O–H groups in total. The van der Waals surface area contributed by atoms with E-state index in [0.29, 0.717) is 16.7 Å². The van der Waals surface area contributed by atoms with Crippen LogP contribution in [0.25, 0.3) is 0 Å². The summed E-state index contributed by atoms with van der Waals surface area (Å²) < 4.78 is 6.99. The third-order valence-electron chi connectivity index (χ3n) is 2.85. The number of hydrogen-bond donors (Lipinski definition) is 0. The highest BCUT2D eigenvalue weighted by atomic mass is 79.9. The highest BCUT2D eigenvalue weighted by Crippen LogP contribution is 2.31. The molecule has 0 amide bonds. The number of alkyl halides is 1. The van der Waals surface area contributed by atoms with E-state index in [4.69, 9.17) is 27.9 Å². The molecule has 0 saturated carbocycles. The van der Waals surface area contributed by atoms with Crippen molar-refractivity contribution >= 4 is 55.1 Å². The summed E-state index contributed by atoms with van der Waals surface area (Å²) in [7, 11) is 0. The summed E-state index contributed by atoms with van der Waals surface area (Å²) in [4.78, 5) is 0. The van der Waals surface area contributed by atoms with Crippen LogP contribution in [0.1, 0.15) is 16.7 Å². The van der Waals surface area contributed by atoms with E-state index >= 15 is 0 Å². The molecule has 20 heavy (non-hydrogen) atoms. The Balaban J connectivity index is 2.22. The van der Waals surface area contributed by atoms with Gasteiger partial charge in [0.05, 0.1) is 0 Å². The lowest BCUT2D eigenvalue weighted by Crippen LogP contribution is -2.00.